The molecule has 0 spiro atoms. The van der Waals surface area contributed by atoms with E-state index in [0.29, 0.717) is 26.2 Å². The summed E-state index contributed by atoms with van der Waals surface area (Å²) in [6.07, 6.45) is 1.46. The van der Waals surface area contributed by atoms with Crippen LogP contribution in [-0.4, -0.2) is 65.9 Å². The van der Waals surface area contributed by atoms with Gasteiger partial charge in [-0.25, -0.2) is 4.98 Å². The Morgan fingerprint density at radius 1 is 1.07 bits per heavy atom. The summed E-state index contributed by atoms with van der Waals surface area (Å²) >= 11 is 1.71. The van der Waals surface area contributed by atoms with Gasteiger partial charge in [-0.3, -0.25) is 14.5 Å². The van der Waals surface area contributed by atoms with E-state index in [1.807, 2.05) is 29.2 Å². The number of carbonyl (C=O) groups excluding carboxylic acids is 2. The molecule has 30 heavy (non-hydrogen) atoms. The van der Waals surface area contributed by atoms with Crippen LogP contribution in [0, 0.1) is 0 Å². The third-order valence-electron chi connectivity index (χ3n) is 5.59. The van der Waals surface area contributed by atoms with E-state index < -0.39 is 0 Å². The molecule has 8 heteroatoms. The van der Waals surface area contributed by atoms with Crippen molar-refractivity contribution in [2.45, 2.75) is 32.7 Å². The highest BCUT2D eigenvalue weighted by Crippen LogP contribution is 2.31. The smallest absolute Gasteiger partial charge is 0.227 e. The highest BCUT2D eigenvalue weighted by molar-refractivity contribution is 7.09. The molecule has 1 fully saturated rings. The summed E-state index contributed by atoms with van der Waals surface area (Å²) in [4.78, 5) is 36.0. The zero-order valence-corrected chi connectivity index (χ0v) is 18.2. The van der Waals surface area contributed by atoms with Gasteiger partial charge in [-0.1, -0.05) is 19.1 Å². The van der Waals surface area contributed by atoms with Crippen LogP contribution in [0.5, 0.6) is 5.75 Å². The Bertz CT molecular complexity index is 892. The van der Waals surface area contributed by atoms with Gasteiger partial charge in [-0.15, -0.1) is 11.3 Å². The molecule has 0 saturated carbocycles. The molecule has 1 aromatic heterocycles. The Kier molecular flexibility index (Phi) is 6.64. The van der Waals surface area contributed by atoms with Crippen molar-refractivity contribution in [3.63, 3.8) is 0 Å². The summed E-state index contributed by atoms with van der Waals surface area (Å²) in [5, 5.41) is 3.30. The minimum absolute atomic E-state index is 0.0204. The number of rotatable bonds is 6. The van der Waals surface area contributed by atoms with Crippen LogP contribution in [0.1, 0.15) is 30.5 Å². The monoisotopic (exact) mass is 428 g/mol. The summed E-state index contributed by atoms with van der Waals surface area (Å²) in [5.41, 5.74) is 1.91. The maximum Gasteiger partial charge on any atom is 0.227 e. The van der Waals surface area contributed by atoms with E-state index in [0.717, 1.165) is 43.2 Å². The summed E-state index contributed by atoms with van der Waals surface area (Å²) in [6, 6.07) is 7.55. The predicted molar refractivity (Wildman–Crippen MR) is 117 cm³/mol. The average Bonchev–Trinajstić information content (AvgIpc) is 3.25. The van der Waals surface area contributed by atoms with Gasteiger partial charge in [0.2, 0.25) is 11.8 Å². The molecule has 1 saturated heterocycles. The second kappa shape index (κ2) is 9.57. The first-order valence-electron chi connectivity index (χ1n) is 10.6. The molecule has 0 aliphatic carbocycles. The van der Waals surface area contributed by atoms with E-state index in [1.165, 1.54) is 5.01 Å². The number of fused-ring (bicyclic) bond motifs is 1. The van der Waals surface area contributed by atoms with Gasteiger partial charge >= 0.3 is 0 Å². The normalized spacial score (nSPS) is 16.8. The van der Waals surface area contributed by atoms with E-state index in [9.17, 15) is 9.59 Å². The Labute approximate surface area is 181 Å². The molecular formula is C22H28N4O3S. The number of ether oxygens (including phenoxy) is 1. The van der Waals surface area contributed by atoms with E-state index in [4.69, 9.17) is 4.74 Å². The van der Waals surface area contributed by atoms with Crippen LogP contribution in [0.4, 0.5) is 5.69 Å². The lowest BCUT2D eigenvalue weighted by atomic mass is 10.2. The molecule has 2 aromatic rings. The van der Waals surface area contributed by atoms with Gasteiger partial charge in [0.1, 0.15) is 12.4 Å². The molecule has 0 N–H and O–H groups in total. The third kappa shape index (κ3) is 4.82. The maximum absolute atomic E-state index is 12.7. The molecule has 7 nitrogen and oxygen atoms in total. The third-order valence-corrected chi connectivity index (χ3v) is 6.64. The number of anilines is 1. The van der Waals surface area contributed by atoms with Crippen LogP contribution < -0.4 is 9.64 Å². The number of aryl methyl sites for hydroxylation is 1. The predicted octanol–water partition coefficient (Wildman–Crippen LogP) is 2.56. The van der Waals surface area contributed by atoms with E-state index in [2.05, 4.69) is 22.2 Å². The van der Waals surface area contributed by atoms with Crippen molar-refractivity contribution in [2.24, 2.45) is 0 Å². The molecule has 2 amide bonds. The highest BCUT2D eigenvalue weighted by Gasteiger charge is 2.26. The number of hydrogen-bond donors (Lipinski definition) is 0. The number of piperazine rings is 1. The van der Waals surface area contributed by atoms with Crippen molar-refractivity contribution in [3.05, 3.63) is 40.3 Å². The van der Waals surface area contributed by atoms with E-state index in [1.54, 1.807) is 16.2 Å². The average molecular weight is 429 g/mol. The number of nitrogens with zero attached hydrogens (tertiary/aromatic N) is 4. The minimum Gasteiger partial charge on any atom is -0.490 e. The largest absolute Gasteiger partial charge is 0.490 e. The van der Waals surface area contributed by atoms with Crippen LogP contribution in [0.3, 0.4) is 0 Å². The van der Waals surface area contributed by atoms with Gasteiger partial charge in [0, 0.05) is 50.9 Å². The van der Waals surface area contributed by atoms with Crippen LogP contribution in [0.15, 0.2) is 29.6 Å². The summed E-state index contributed by atoms with van der Waals surface area (Å²) in [5.74, 6) is 0.769. The number of para-hydroxylation sites is 2. The maximum atomic E-state index is 12.7. The fourth-order valence-corrected chi connectivity index (χ4v) is 4.64. The number of benzene rings is 1. The number of aromatic nitrogens is 1. The summed E-state index contributed by atoms with van der Waals surface area (Å²) in [6.45, 7) is 7.07. The Hall–Kier alpha value is -2.45. The SMILES string of the molecule is CCc1nc(CN2CCN(C(=O)CCC(=O)N3CCOc4ccccc43)CC2)cs1. The molecule has 3 heterocycles. The zero-order valence-electron chi connectivity index (χ0n) is 17.4. The Morgan fingerprint density at radius 2 is 1.83 bits per heavy atom. The lowest BCUT2D eigenvalue weighted by Crippen LogP contribution is -2.48. The summed E-state index contributed by atoms with van der Waals surface area (Å²) < 4.78 is 5.61. The lowest BCUT2D eigenvalue weighted by Gasteiger charge is -2.34. The Morgan fingerprint density at radius 3 is 2.60 bits per heavy atom. The fraction of sp³-hybridized carbons (Fsp3) is 0.500. The van der Waals surface area contributed by atoms with Crippen molar-refractivity contribution in [2.75, 3.05) is 44.2 Å². The Balaban J connectivity index is 1.23. The number of thiazole rings is 1. The molecule has 0 unspecified atom stereocenters. The molecule has 0 bridgehead atoms. The molecule has 160 valence electrons. The van der Waals surface area contributed by atoms with Gasteiger partial charge in [0.25, 0.3) is 0 Å². The second-order valence-corrected chi connectivity index (χ2v) is 8.55. The van der Waals surface area contributed by atoms with Crippen LogP contribution in [0.25, 0.3) is 0 Å². The highest BCUT2D eigenvalue weighted by atomic mass is 32.1. The van der Waals surface area contributed by atoms with E-state index >= 15 is 0 Å². The van der Waals surface area contributed by atoms with Crippen LogP contribution in [0.2, 0.25) is 0 Å². The van der Waals surface area contributed by atoms with Crippen molar-refractivity contribution >= 4 is 28.8 Å². The first-order valence-corrected chi connectivity index (χ1v) is 11.5. The number of hydrogen-bond acceptors (Lipinski definition) is 6. The first kappa shape index (κ1) is 20.8. The topological polar surface area (TPSA) is 66.0 Å². The van der Waals surface area contributed by atoms with Gasteiger partial charge in [-0.2, -0.15) is 0 Å². The van der Waals surface area contributed by atoms with E-state index in [-0.39, 0.29) is 24.7 Å². The van der Waals surface area contributed by atoms with Gasteiger partial charge < -0.3 is 14.5 Å². The zero-order chi connectivity index (χ0) is 20.9. The quantitative estimate of drug-likeness (QED) is 0.708. The van der Waals surface area contributed by atoms with Crippen LogP contribution in [-0.2, 0) is 22.6 Å². The van der Waals surface area contributed by atoms with Crippen molar-refractivity contribution in [1.29, 1.82) is 0 Å². The molecule has 2 aliphatic rings. The van der Waals surface area contributed by atoms with Gasteiger partial charge in [0.05, 0.1) is 22.9 Å². The molecule has 4 rings (SSSR count). The van der Waals surface area contributed by atoms with Crippen molar-refractivity contribution in [3.8, 4) is 5.75 Å². The molecule has 0 atom stereocenters. The van der Waals surface area contributed by atoms with Crippen molar-refractivity contribution < 1.29 is 14.3 Å². The van der Waals surface area contributed by atoms with Crippen LogP contribution >= 0.6 is 11.3 Å². The molecule has 2 aliphatic heterocycles. The number of amides is 2. The number of carbonyl (C=O) groups is 2. The molecule has 1 aromatic carbocycles. The standard InChI is InChI=1S/C22H28N4O3S/c1-2-20-23-17(16-30-20)15-24-9-11-25(12-10-24)21(27)7-8-22(28)26-13-14-29-19-6-4-3-5-18(19)26/h3-6,16H,2,7-15H2,1H3. The van der Waals surface area contributed by atoms with Gasteiger partial charge in [-0.05, 0) is 18.6 Å². The second-order valence-electron chi connectivity index (χ2n) is 7.60. The van der Waals surface area contributed by atoms with Crippen molar-refractivity contribution in [1.82, 2.24) is 14.8 Å². The minimum atomic E-state index is -0.0204. The summed E-state index contributed by atoms with van der Waals surface area (Å²) in [7, 11) is 0. The molecule has 0 radical (unpaired) electrons. The fourth-order valence-electron chi connectivity index (χ4n) is 3.90. The van der Waals surface area contributed by atoms with Gasteiger partial charge in [0.15, 0.2) is 0 Å². The molecular weight excluding hydrogens is 400 g/mol. The first-order chi connectivity index (χ1) is 14.6. The lowest BCUT2D eigenvalue weighted by molar-refractivity contribution is -0.134.